The first kappa shape index (κ1) is 18.1. The Morgan fingerprint density at radius 1 is 1.19 bits per heavy atom. The van der Waals surface area contributed by atoms with E-state index in [0.29, 0.717) is 11.8 Å². The summed E-state index contributed by atoms with van der Waals surface area (Å²) >= 11 is 0. The fourth-order valence-electron chi connectivity index (χ4n) is 2.45. The Morgan fingerprint density at radius 3 is 2.62 bits per heavy atom. The van der Waals surface area contributed by atoms with Gasteiger partial charge in [0.05, 0.1) is 0 Å². The van der Waals surface area contributed by atoms with Crippen LogP contribution < -0.4 is 5.32 Å². The summed E-state index contributed by atoms with van der Waals surface area (Å²) in [6, 6.07) is 7.11. The van der Waals surface area contributed by atoms with E-state index in [1.54, 1.807) is 12.1 Å². The third-order valence-electron chi connectivity index (χ3n) is 3.56. The van der Waals surface area contributed by atoms with E-state index in [9.17, 15) is 4.39 Å². The molecule has 0 aliphatic rings. The smallest absolute Gasteiger partial charge is 0.126 e. The summed E-state index contributed by atoms with van der Waals surface area (Å²) in [6.45, 7) is 9.94. The maximum atomic E-state index is 13.8. The summed E-state index contributed by atoms with van der Waals surface area (Å²) < 4.78 is 19.2. The monoisotopic (exact) mass is 295 g/mol. The van der Waals surface area contributed by atoms with E-state index >= 15 is 0 Å². The lowest BCUT2D eigenvalue weighted by Gasteiger charge is -2.19. The van der Waals surface area contributed by atoms with Crippen LogP contribution in [-0.4, -0.2) is 26.3 Å². The summed E-state index contributed by atoms with van der Waals surface area (Å²) in [5, 5.41) is 3.50. The number of rotatable bonds is 11. The van der Waals surface area contributed by atoms with Gasteiger partial charge >= 0.3 is 0 Å². The molecule has 3 heteroatoms. The van der Waals surface area contributed by atoms with Crippen molar-refractivity contribution in [3.8, 4) is 0 Å². The lowest BCUT2D eigenvalue weighted by atomic mass is 9.94. The summed E-state index contributed by atoms with van der Waals surface area (Å²) in [6.07, 6.45) is 2.90. The van der Waals surface area contributed by atoms with Crippen LogP contribution >= 0.6 is 0 Å². The van der Waals surface area contributed by atoms with E-state index in [1.807, 2.05) is 19.1 Å². The maximum Gasteiger partial charge on any atom is 0.126 e. The third-order valence-corrected chi connectivity index (χ3v) is 3.56. The van der Waals surface area contributed by atoms with Crippen molar-refractivity contribution in [1.82, 2.24) is 5.32 Å². The van der Waals surface area contributed by atoms with Crippen molar-refractivity contribution in [2.24, 2.45) is 11.8 Å². The van der Waals surface area contributed by atoms with Crippen LogP contribution in [0, 0.1) is 17.7 Å². The predicted molar refractivity (Wildman–Crippen MR) is 87.0 cm³/mol. The number of hydrogen-bond acceptors (Lipinski definition) is 2. The standard InChI is InChI=1S/C18H30FNO/c1-4-21-11-7-8-16(14-20-13-15(2)3)12-17-9-5-6-10-18(17)19/h5-6,9-10,15-16,20H,4,7-8,11-14H2,1-3H3. The summed E-state index contributed by atoms with van der Waals surface area (Å²) in [4.78, 5) is 0. The molecule has 1 unspecified atom stereocenters. The van der Waals surface area contributed by atoms with Gasteiger partial charge in [-0.15, -0.1) is 0 Å². The minimum atomic E-state index is -0.0869. The van der Waals surface area contributed by atoms with Crippen molar-refractivity contribution < 1.29 is 9.13 Å². The lowest BCUT2D eigenvalue weighted by Crippen LogP contribution is -2.28. The van der Waals surface area contributed by atoms with Crippen molar-refractivity contribution in [3.05, 3.63) is 35.6 Å². The fraction of sp³-hybridized carbons (Fsp3) is 0.667. The van der Waals surface area contributed by atoms with Gasteiger partial charge in [0.15, 0.2) is 0 Å². The van der Waals surface area contributed by atoms with Gasteiger partial charge in [-0.05, 0) is 62.7 Å². The van der Waals surface area contributed by atoms with E-state index in [0.717, 1.165) is 51.1 Å². The van der Waals surface area contributed by atoms with Crippen molar-refractivity contribution in [1.29, 1.82) is 0 Å². The molecule has 0 fully saturated rings. The van der Waals surface area contributed by atoms with Crippen molar-refractivity contribution in [3.63, 3.8) is 0 Å². The average Bonchev–Trinajstić information content (AvgIpc) is 2.45. The first-order valence-corrected chi connectivity index (χ1v) is 8.15. The number of nitrogens with one attached hydrogen (secondary N) is 1. The molecule has 21 heavy (non-hydrogen) atoms. The molecule has 0 aliphatic carbocycles. The first-order valence-electron chi connectivity index (χ1n) is 8.15. The van der Waals surface area contributed by atoms with Crippen LogP contribution in [0.1, 0.15) is 39.2 Å². The van der Waals surface area contributed by atoms with Gasteiger partial charge < -0.3 is 10.1 Å². The van der Waals surface area contributed by atoms with Gasteiger partial charge in [-0.25, -0.2) is 4.39 Å². The zero-order chi connectivity index (χ0) is 15.5. The van der Waals surface area contributed by atoms with Crippen LogP contribution in [0.15, 0.2) is 24.3 Å². The minimum Gasteiger partial charge on any atom is -0.382 e. The molecule has 0 aliphatic heterocycles. The van der Waals surface area contributed by atoms with E-state index < -0.39 is 0 Å². The van der Waals surface area contributed by atoms with E-state index in [2.05, 4.69) is 19.2 Å². The average molecular weight is 295 g/mol. The minimum absolute atomic E-state index is 0.0869. The van der Waals surface area contributed by atoms with Gasteiger partial charge in [-0.2, -0.15) is 0 Å². The summed E-state index contributed by atoms with van der Waals surface area (Å²) in [5.74, 6) is 1.01. The van der Waals surface area contributed by atoms with Crippen LogP contribution in [0.4, 0.5) is 4.39 Å². The quantitative estimate of drug-likeness (QED) is 0.622. The van der Waals surface area contributed by atoms with Gasteiger partial charge in [0, 0.05) is 13.2 Å². The highest BCUT2D eigenvalue weighted by Gasteiger charge is 2.12. The van der Waals surface area contributed by atoms with Gasteiger partial charge in [-0.3, -0.25) is 0 Å². The van der Waals surface area contributed by atoms with Gasteiger partial charge in [-0.1, -0.05) is 32.0 Å². The van der Waals surface area contributed by atoms with Gasteiger partial charge in [0.2, 0.25) is 0 Å². The molecular weight excluding hydrogens is 265 g/mol. The lowest BCUT2D eigenvalue weighted by molar-refractivity contribution is 0.139. The molecular formula is C18H30FNO. The number of hydrogen-bond donors (Lipinski definition) is 1. The maximum absolute atomic E-state index is 13.8. The first-order chi connectivity index (χ1) is 10.1. The van der Waals surface area contributed by atoms with E-state index in [4.69, 9.17) is 4.74 Å². The van der Waals surface area contributed by atoms with Crippen LogP contribution in [0.5, 0.6) is 0 Å². The molecule has 0 spiro atoms. The number of halogens is 1. The van der Waals surface area contributed by atoms with Crippen LogP contribution in [0.3, 0.4) is 0 Å². The summed E-state index contributed by atoms with van der Waals surface area (Å²) in [7, 11) is 0. The SMILES string of the molecule is CCOCCCC(CNCC(C)C)Cc1ccccc1F. The Kier molecular flexibility index (Phi) is 9.27. The molecule has 1 aromatic rings. The second kappa shape index (κ2) is 10.7. The van der Waals surface area contributed by atoms with Crippen LogP contribution in [-0.2, 0) is 11.2 Å². The highest BCUT2D eigenvalue weighted by molar-refractivity contribution is 5.17. The number of benzene rings is 1. The van der Waals surface area contributed by atoms with Crippen molar-refractivity contribution in [2.75, 3.05) is 26.3 Å². The number of ether oxygens (including phenoxy) is 1. The van der Waals surface area contributed by atoms with E-state index in [1.165, 1.54) is 0 Å². The molecule has 0 heterocycles. The molecule has 0 amide bonds. The molecule has 1 N–H and O–H groups in total. The van der Waals surface area contributed by atoms with Crippen LogP contribution in [0.25, 0.3) is 0 Å². The second-order valence-electron chi connectivity index (χ2n) is 6.05. The van der Waals surface area contributed by atoms with E-state index in [-0.39, 0.29) is 5.82 Å². The molecule has 0 saturated carbocycles. The topological polar surface area (TPSA) is 21.3 Å². The zero-order valence-electron chi connectivity index (χ0n) is 13.7. The molecule has 0 bridgehead atoms. The Hall–Kier alpha value is -0.930. The Balaban J connectivity index is 2.47. The Labute approximate surface area is 129 Å². The molecule has 120 valence electrons. The normalized spacial score (nSPS) is 12.8. The third kappa shape index (κ3) is 8.18. The molecule has 0 saturated heterocycles. The fourth-order valence-corrected chi connectivity index (χ4v) is 2.45. The zero-order valence-corrected chi connectivity index (χ0v) is 13.7. The molecule has 0 radical (unpaired) electrons. The van der Waals surface area contributed by atoms with Crippen molar-refractivity contribution >= 4 is 0 Å². The second-order valence-corrected chi connectivity index (χ2v) is 6.05. The van der Waals surface area contributed by atoms with Gasteiger partial charge in [0.1, 0.15) is 5.82 Å². The molecule has 1 atom stereocenters. The predicted octanol–water partition coefficient (Wildman–Crippen LogP) is 4.05. The van der Waals surface area contributed by atoms with Gasteiger partial charge in [0.25, 0.3) is 0 Å². The molecule has 1 aromatic carbocycles. The summed E-state index contributed by atoms with van der Waals surface area (Å²) in [5.41, 5.74) is 0.824. The molecule has 2 nitrogen and oxygen atoms in total. The molecule has 1 rings (SSSR count). The largest absolute Gasteiger partial charge is 0.382 e. The Morgan fingerprint density at radius 2 is 1.95 bits per heavy atom. The highest BCUT2D eigenvalue weighted by Crippen LogP contribution is 2.16. The van der Waals surface area contributed by atoms with Crippen molar-refractivity contribution in [2.45, 2.75) is 40.0 Å². The molecule has 0 aromatic heterocycles. The van der Waals surface area contributed by atoms with Crippen LogP contribution in [0.2, 0.25) is 0 Å². The Bertz CT molecular complexity index is 381. The highest BCUT2D eigenvalue weighted by atomic mass is 19.1.